The van der Waals surface area contributed by atoms with Gasteiger partial charge in [-0.3, -0.25) is 0 Å². The molecule has 0 saturated heterocycles. The van der Waals surface area contributed by atoms with Gasteiger partial charge in [-0.25, -0.2) is 4.39 Å². The maximum atomic E-state index is 13.2. The summed E-state index contributed by atoms with van der Waals surface area (Å²) in [7, 11) is 0. The maximum absolute atomic E-state index is 13.2. The van der Waals surface area contributed by atoms with E-state index in [1.54, 1.807) is 0 Å². The van der Waals surface area contributed by atoms with Gasteiger partial charge >= 0.3 is 6.18 Å². The van der Waals surface area contributed by atoms with E-state index in [4.69, 9.17) is 0 Å². The lowest BCUT2D eigenvalue weighted by Crippen LogP contribution is -2.11. The van der Waals surface area contributed by atoms with Crippen molar-refractivity contribution in [1.29, 1.82) is 0 Å². The molecule has 120 valence electrons. The molecule has 1 rings (SSSR count). The number of unbranched alkanes of at least 4 members (excludes halogenated alkanes) is 1. The average Bonchev–Trinajstić information content (AvgIpc) is 2.42. The quantitative estimate of drug-likeness (QED) is 0.661. The summed E-state index contributed by atoms with van der Waals surface area (Å²) in [6, 6.07) is 2.71. The van der Waals surface area contributed by atoms with Crippen LogP contribution in [0.25, 0.3) is 0 Å². The molecule has 0 aliphatic rings. The fourth-order valence-electron chi connectivity index (χ4n) is 2.40. The van der Waals surface area contributed by atoms with Crippen LogP contribution in [0, 0.1) is 11.7 Å². The van der Waals surface area contributed by atoms with Gasteiger partial charge in [0, 0.05) is 0 Å². The van der Waals surface area contributed by atoms with Crippen molar-refractivity contribution in [2.45, 2.75) is 58.2 Å². The number of aliphatic hydroxyl groups is 1. The van der Waals surface area contributed by atoms with E-state index < -0.39 is 23.7 Å². The Bertz CT molecular complexity index is 442. The molecule has 0 bridgehead atoms. The monoisotopic (exact) mass is 306 g/mol. The van der Waals surface area contributed by atoms with E-state index in [2.05, 4.69) is 6.92 Å². The molecule has 2 unspecified atom stereocenters. The summed E-state index contributed by atoms with van der Waals surface area (Å²) in [6.07, 6.45) is -1.45. The number of aliphatic hydroxyl groups excluding tert-OH is 1. The average molecular weight is 306 g/mol. The topological polar surface area (TPSA) is 20.2 Å². The summed E-state index contributed by atoms with van der Waals surface area (Å²) in [6.45, 7) is 4.07. The van der Waals surface area contributed by atoms with Crippen molar-refractivity contribution in [2.75, 3.05) is 0 Å². The van der Waals surface area contributed by atoms with Gasteiger partial charge < -0.3 is 5.11 Å². The molecule has 1 nitrogen and oxygen atoms in total. The van der Waals surface area contributed by atoms with Gasteiger partial charge in [0.15, 0.2) is 0 Å². The van der Waals surface area contributed by atoms with Crippen LogP contribution in [0.4, 0.5) is 17.6 Å². The summed E-state index contributed by atoms with van der Waals surface area (Å²) in [5.41, 5.74) is -1.20. The van der Waals surface area contributed by atoms with E-state index in [0.717, 1.165) is 31.7 Å². The highest BCUT2D eigenvalue weighted by molar-refractivity contribution is 5.28. The minimum Gasteiger partial charge on any atom is -0.388 e. The van der Waals surface area contributed by atoms with Crippen LogP contribution in [0.3, 0.4) is 0 Å². The van der Waals surface area contributed by atoms with Crippen LogP contribution in [0.2, 0.25) is 0 Å². The van der Waals surface area contributed by atoms with E-state index in [1.807, 2.05) is 6.92 Å². The fraction of sp³-hybridized carbons (Fsp3) is 0.625. The Kier molecular flexibility index (Phi) is 6.65. The predicted octanol–water partition coefficient (Wildman–Crippen LogP) is 5.48. The summed E-state index contributed by atoms with van der Waals surface area (Å²) < 4.78 is 51.2. The van der Waals surface area contributed by atoms with Gasteiger partial charge in [0.2, 0.25) is 0 Å². The third-order valence-electron chi connectivity index (χ3n) is 3.78. The van der Waals surface area contributed by atoms with Gasteiger partial charge in [-0.1, -0.05) is 45.6 Å². The van der Waals surface area contributed by atoms with Crippen LogP contribution >= 0.6 is 0 Å². The summed E-state index contributed by atoms with van der Waals surface area (Å²) in [5, 5.41) is 10.1. The zero-order valence-electron chi connectivity index (χ0n) is 12.4. The van der Waals surface area contributed by atoms with Crippen LogP contribution < -0.4 is 0 Å². The van der Waals surface area contributed by atoms with Crippen molar-refractivity contribution < 1.29 is 22.7 Å². The summed E-state index contributed by atoms with van der Waals surface area (Å²) in [4.78, 5) is 0. The van der Waals surface area contributed by atoms with Crippen molar-refractivity contribution in [3.63, 3.8) is 0 Å². The summed E-state index contributed by atoms with van der Waals surface area (Å²) >= 11 is 0. The van der Waals surface area contributed by atoms with Gasteiger partial charge in [-0.05, 0) is 30.0 Å². The van der Waals surface area contributed by atoms with E-state index in [9.17, 15) is 22.7 Å². The number of alkyl halides is 3. The maximum Gasteiger partial charge on any atom is 0.419 e. The third-order valence-corrected chi connectivity index (χ3v) is 3.78. The van der Waals surface area contributed by atoms with E-state index in [0.29, 0.717) is 12.5 Å². The van der Waals surface area contributed by atoms with Gasteiger partial charge in [-0.2, -0.15) is 13.2 Å². The Morgan fingerprint density at radius 1 is 1.19 bits per heavy atom. The second-order valence-corrected chi connectivity index (χ2v) is 5.41. The lowest BCUT2D eigenvalue weighted by molar-refractivity contribution is -0.140. The molecule has 0 aliphatic heterocycles. The number of hydrogen-bond acceptors (Lipinski definition) is 1. The Hall–Kier alpha value is -1.10. The highest BCUT2D eigenvalue weighted by atomic mass is 19.4. The highest BCUT2D eigenvalue weighted by Gasteiger charge is 2.34. The molecule has 0 fully saturated rings. The Morgan fingerprint density at radius 3 is 2.38 bits per heavy atom. The molecule has 0 radical (unpaired) electrons. The lowest BCUT2D eigenvalue weighted by Gasteiger charge is -2.20. The van der Waals surface area contributed by atoms with Gasteiger partial charge in [0.1, 0.15) is 5.82 Å². The second-order valence-electron chi connectivity index (χ2n) is 5.41. The Labute approximate surface area is 123 Å². The first-order valence-corrected chi connectivity index (χ1v) is 7.34. The predicted molar refractivity (Wildman–Crippen MR) is 74.3 cm³/mol. The minimum absolute atomic E-state index is 0.124. The van der Waals surface area contributed by atoms with Crippen molar-refractivity contribution in [3.05, 3.63) is 35.1 Å². The molecule has 0 amide bonds. The summed E-state index contributed by atoms with van der Waals surface area (Å²) in [5.74, 6) is -1.05. The van der Waals surface area contributed by atoms with E-state index in [-0.39, 0.29) is 11.5 Å². The number of hydrogen-bond donors (Lipinski definition) is 1. The molecule has 21 heavy (non-hydrogen) atoms. The van der Waals surface area contributed by atoms with Crippen LogP contribution in [0.1, 0.15) is 63.2 Å². The van der Waals surface area contributed by atoms with E-state index >= 15 is 0 Å². The second kappa shape index (κ2) is 7.78. The van der Waals surface area contributed by atoms with Crippen LogP contribution in [-0.2, 0) is 6.18 Å². The normalized spacial score (nSPS) is 15.0. The number of rotatable bonds is 7. The van der Waals surface area contributed by atoms with Gasteiger partial charge in [0.25, 0.3) is 0 Å². The fourth-order valence-corrected chi connectivity index (χ4v) is 2.40. The standard InChI is InChI=1S/C16H22F4O/c1-3-5-6-11(4-2)9-15(21)12-7-8-14(17)13(10-12)16(18,19)20/h7-8,10-11,15,21H,3-6,9H2,1-2H3. The molecule has 0 aromatic heterocycles. The molecule has 0 spiro atoms. The Balaban J connectivity index is 2.85. The van der Waals surface area contributed by atoms with Crippen molar-refractivity contribution in [1.82, 2.24) is 0 Å². The smallest absolute Gasteiger partial charge is 0.388 e. The first-order chi connectivity index (χ1) is 9.79. The third kappa shape index (κ3) is 5.30. The van der Waals surface area contributed by atoms with E-state index in [1.165, 1.54) is 6.07 Å². The molecule has 0 saturated carbocycles. The lowest BCUT2D eigenvalue weighted by atomic mass is 9.90. The van der Waals surface area contributed by atoms with Gasteiger partial charge in [-0.15, -0.1) is 0 Å². The Morgan fingerprint density at radius 2 is 1.86 bits per heavy atom. The van der Waals surface area contributed by atoms with Crippen LogP contribution in [0.5, 0.6) is 0 Å². The van der Waals surface area contributed by atoms with Gasteiger partial charge in [0.05, 0.1) is 11.7 Å². The largest absolute Gasteiger partial charge is 0.419 e. The van der Waals surface area contributed by atoms with Crippen molar-refractivity contribution in [3.8, 4) is 0 Å². The van der Waals surface area contributed by atoms with Crippen LogP contribution in [0.15, 0.2) is 18.2 Å². The molecule has 2 atom stereocenters. The van der Waals surface area contributed by atoms with Crippen molar-refractivity contribution >= 4 is 0 Å². The first kappa shape index (κ1) is 18.0. The molecule has 1 N–H and O–H groups in total. The van der Waals surface area contributed by atoms with Crippen LogP contribution in [-0.4, -0.2) is 5.11 Å². The first-order valence-electron chi connectivity index (χ1n) is 7.34. The molecule has 1 aromatic rings. The molecular weight excluding hydrogens is 284 g/mol. The highest BCUT2D eigenvalue weighted by Crippen LogP contribution is 2.34. The van der Waals surface area contributed by atoms with Crippen molar-refractivity contribution in [2.24, 2.45) is 5.92 Å². The molecule has 0 aliphatic carbocycles. The molecular formula is C16H22F4O. The minimum atomic E-state index is -4.74. The SMILES string of the molecule is CCCCC(CC)CC(O)c1ccc(F)c(C(F)(F)F)c1. The number of halogens is 4. The molecule has 1 aromatic carbocycles. The molecule has 5 heteroatoms. The zero-order valence-corrected chi connectivity index (χ0v) is 12.4. The zero-order chi connectivity index (χ0) is 16.0. The molecule has 0 heterocycles. The number of benzene rings is 1.